The van der Waals surface area contributed by atoms with E-state index in [0.717, 1.165) is 56.9 Å². The lowest BCUT2D eigenvalue weighted by Gasteiger charge is -2.32. The molecule has 1 aromatic heterocycles. The number of piperazine rings is 1. The van der Waals surface area contributed by atoms with E-state index in [9.17, 15) is 9.59 Å². The third-order valence-electron chi connectivity index (χ3n) is 6.12. The van der Waals surface area contributed by atoms with Crippen LogP contribution in [0.3, 0.4) is 0 Å². The average molecular weight is 423 g/mol. The minimum Gasteiger partial charge on any atom is -0.355 e. The summed E-state index contributed by atoms with van der Waals surface area (Å²) in [6.07, 6.45) is 6.91. The monoisotopic (exact) mass is 422 g/mol. The Bertz CT molecular complexity index is 881. The highest BCUT2D eigenvalue weighted by Gasteiger charge is 2.26. The van der Waals surface area contributed by atoms with Crippen LogP contribution in [0.15, 0.2) is 42.9 Å². The van der Waals surface area contributed by atoms with Gasteiger partial charge in [0.25, 0.3) is 5.91 Å². The van der Waals surface area contributed by atoms with Crippen LogP contribution < -0.4 is 10.2 Å². The maximum absolute atomic E-state index is 12.7. The molecule has 1 atom stereocenters. The van der Waals surface area contributed by atoms with Crippen molar-refractivity contribution in [3.05, 3.63) is 54.0 Å². The fraction of sp³-hybridized carbons (Fsp3) is 0.478. The molecule has 2 amide bonds. The summed E-state index contributed by atoms with van der Waals surface area (Å²) in [4.78, 5) is 40.1. The zero-order chi connectivity index (χ0) is 21.6. The van der Waals surface area contributed by atoms with Gasteiger partial charge in [-0.1, -0.05) is 12.1 Å². The normalized spacial score (nSPS) is 19.8. The fourth-order valence-electron chi connectivity index (χ4n) is 4.14. The van der Waals surface area contributed by atoms with Crippen molar-refractivity contribution in [2.45, 2.75) is 19.4 Å². The first kappa shape index (κ1) is 21.2. The molecule has 4 rings (SSSR count). The molecule has 2 fully saturated rings. The highest BCUT2D eigenvalue weighted by atomic mass is 16.2. The number of hydrogen-bond donors (Lipinski definition) is 1. The lowest BCUT2D eigenvalue weighted by atomic mass is 9.97. The van der Waals surface area contributed by atoms with Gasteiger partial charge in [-0.2, -0.15) is 0 Å². The first-order valence-corrected chi connectivity index (χ1v) is 11.0. The minimum atomic E-state index is -0.0613. The van der Waals surface area contributed by atoms with Gasteiger partial charge < -0.3 is 20.0 Å². The maximum atomic E-state index is 12.7. The molecule has 0 aliphatic carbocycles. The molecule has 0 spiro atoms. The summed E-state index contributed by atoms with van der Waals surface area (Å²) in [7, 11) is 2.07. The number of carbonyl (C=O) groups is 2. The second-order valence-corrected chi connectivity index (χ2v) is 8.36. The molecule has 0 unspecified atom stereocenters. The maximum Gasteiger partial charge on any atom is 0.253 e. The molecular formula is C23H30N6O2. The van der Waals surface area contributed by atoms with Crippen LogP contribution in [0.1, 0.15) is 28.8 Å². The molecule has 2 aliphatic heterocycles. The summed E-state index contributed by atoms with van der Waals surface area (Å²) >= 11 is 0. The SMILES string of the molecule is CN1CCN(C(=O)c2ccc(CNC(=O)[C@@H]3CCCN(c4cnccn4)C3)cc2)CC1. The quantitative estimate of drug-likeness (QED) is 0.784. The van der Waals surface area contributed by atoms with Crippen molar-refractivity contribution in [1.82, 2.24) is 25.1 Å². The Kier molecular flexibility index (Phi) is 6.76. The summed E-state index contributed by atoms with van der Waals surface area (Å²) in [5.74, 6) is 0.899. The molecule has 164 valence electrons. The number of piperidine rings is 1. The number of nitrogens with zero attached hydrogens (tertiary/aromatic N) is 5. The number of anilines is 1. The second kappa shape index (κ2) is 9.87. The standard InChI is InChI=1S/C23H30N6O2/c1-27-11-13-28(14-12-27)23(31)19-6-4-18(5-7-19)15-26-22(30)20-3-2-10-29(17-20)21-16-24-8-9-25-21/h4-9,16,20H,2-3,10-15,17H2,1H3,(H,26,30)/t20-/m1/s1. The van der Waals surface area contributed by atoms with Gasteiger partial charge in [0.2, 0.25) is 5.91 Å². The highest BCUT2D eigenvalue weighted by Crippen LogP contribution is 2.21. The Morgan fingerprint density at radius 1 is 1.06 bits per heavy atom. The lowest BCUT2D eigenvalue weighted by molar-refractivity contribution is -0.125. The molecule has 2 aromatic rings. The van der Waals surface area contributed by atoms with Crippen molar-refractivity contribution >= 4 is 17.6 Å². The van der Waals surface area contributed by atoms with Crippen molar-refractivity contribution in [2.75, 3.05) is 51.2 Å². The van der Waals surface area contributed by atoms with Crippen LogP contribution in [-0.4, -0.2) is 77.9 Å². The summed E-state index contributed by atoms with van der Waals surface area (Å²) in [5.41, 5.74) is 1.69. The van der Waals surface area contributed by atoms with Gasteiger partial charge in [0.1, 0.15) is 5.82 Å². The van der Waals surface area contributed by atoms with Crippen molar-refractivity contribution in [3.8, 4) is 0 Å². The van der Waals surface area contributed by atoms with Crippen LogP contribution in [0.4, 0.5) is 5.82 Å². The topological polar surface area (TPSA) is 81.7 Å². The van der Waals surface area contributed by atoms with Crippen LogP contribution >= 0.6 is 0 Å². The van der Waals surface area contributed by atoms with Crippen LogP contribution in [0.5, 0.6) is 0 Å². The molecule has 2 aliphatic rings. The van der Waals surface area contributed by atoms with E-state index in [4.69, 9.17) is 0 Å². The predicted octanol–water partition coefficient (Wildman–Crippen LogP) is 1.40. The molecular weight excluding hydrogens is 392 g/mol. The largest absolute Gasteiger partial charge is 0.355 e. The Morgan fingerprint density at radius 2 is 1.84 bits per heavy atom. The van der Waals surface area contributed by atoms with E-state index >= 15 is 0 Å². The molecule has 1 N–H and O–H groups in total. The smallest absolute Gasteiger partial charge is 0.253 e. The van der Waals surface area contributed by atoms with E-state index in [-0.39, 0.29) is 17.7 Å². The van der Waals surface area contributed by atoms with E-state index in [1.165, 1.54) is 0 Å². The van der Waals surface area contributed by atoms with Crippen molar-refractivity contribution in [1.29, 1.82) is 0 Å². The minimum absolute atomic E-state index is 0.0613. The zero-order valence-corrected chi connectivity index (χ0v) is 18.0. The summed E-state index contributed by atoms with van der Waals surface area (Å²) in [5, 5.41) is 3.06. The number of benzene rings is 1. The molecule has 2 saturated heterocycles. The van der Waals surface area contributed by atoms with Gasteiger partial charge in [-0.15, -0.1) is 0 Å². The highest BCUT2D eigenvalue weighted by molar-refractivity contribution is 5.94. The van der Waals surface area contributed by atoms with Crippen molar-refractivity contribution < 1.29 is 9.59 Å². The van der Waals surface area contributed by atoms with Gasteiger partial charge in [0, 0.05) is 63.8 Å². The Hall–Kier alpha value is -3.00. The summed E-state index contributed by atoms with van der Waals surface area (Å²) in [6.45, 7) is 5.36. The van der Waals surface area contributed by atoms with Crippen molar-refractivity contribution in [2.24, 2.45) is 5.92 Å². The first-order valence-electron chi connectivity index (χ1n) is 11.0. The van der Waals surface area contributed by atoms with Gasteiger partial charge in [0.05, 0.1) is 12.1 Å². The van der Waals surface area contributed by atoms with Crippen LogP contribution in [0.2, 0.25) is 0 Å². The molecule has 8 nitrogen and oxygen atoms in total. The molecule has 31 heavy (non-hydrogen) atoms. The van der Waals surface area contributed by atoms with Gasteiger partial charge in [-0.25, -0.2) is 4.98 Å². The number of hydrogen-bond acceptors (Lipinski definition) is 6. The van der Waals surface area contributed by atoms with Crippen molar-refractivity contribution in [3.63, 3.8) is 0 Å². The Morgan fingerprint density at radius 3 is 2.55 bits per heavy atom. The number of amides is 2. The molecule has 0 saturated carbocycles. The zero-order valence-electron chi connectivity index (χ0n) is 18.0. The average Bonchev–Trinajstić information content (AvgIpc) is 2.83. The first-order chi connectivity index (χ1) is 15.1. The lowest BCUT2D eigenvalue weighted by Crippen LogP contribution is -2.47. The van der Waals surface area contributed by atoms with Gasteiger partial charge in [-0.3, -0.25) is 14.6 Å². The van der Waals surface area contributed by atoms with E-state index in [0.29, 0.717) is 18.7 Å². The third-order valence-corrected chi connectivity index (χ3v) is 6.12. The van der Waals surface area contributed by atoms with Crippen LogP contribution in [0, 0.1) is 5.92 Å². The van der Waals surface area contributed by atoms with E-state index in [2.05, 4.69) is 32.1 Å². The molecule has 1 aromatic carbocycles. The van der Waals surface area contributed by atoms with E-state index in [1.54, 1.807) is 18.6 Å². The summed E-state index contributed by atoms with van der Waals surface area (Å²) < 4.78 is 0. The fourth-order valence-corrected chi connectivity index (χ4v) is 4.14. The van der Waals surface area contributed by atoms with Gasteiger partial charge >= 0.3 is 0 Å². The number of nitrogens with one attached hydrogen (secondary N) is 1. The molecule has 0 bridgehead atoms. The van der Waals surface area contributed by atoms with Gasteiger partial charge in [-0.05, 0) is 37.6 Å². The number of carbonyl (C=O) groups excluding carboxylic acids is 2. The van der Waals surface area contributed by atoms with Gasteiger partial charge in [0.15, 0.2) is 0 Å². The third kappa shape index (κ3) is 5.38. The molecule has 8 heteroatoms. The number of aromatic nitrogens is 2. The molecule has 0 radical (unpaired) electrons. The second-order valence-electron chi connectivity index (χ2n) is 8.36. The summed E-state index contributed by atoms with van der Waals surface area (Å²) in [6, 6.07) is 7.57. The molecule has 3 heterocycles. The number of rotatable bonds is 5. The Labute approximate surface area is 183 Å². The van der Waals surface area contributed by atoms with E-state index in [1.807, 2.05) is 29.2 Å². The van der Waals surface area contributed by atoms with Crippen LogP contribution in [0.25, 0.3) is 0 Å². The Balaban J connectivity index is 1.28. The van der Waals surface area contributed by atoms with E-state index < -0.39 is 0 Å². The number of likely N-dealkylation sites (N-methyl/N-ethyl adjacent to an activating group) is 1. The predicted molar refractivity (Wildman–Crippen MR) is 119 cm³/mol. The van der Waals surface area contributed by atoms with Crippen LogP contribution in [-0.2, 0) is 11.3 Å².